The van der Waals surface area contributed by atoms with E-state index in [0.29, 0.717) is 6.10 Å². The summed E-state index contributed by atoms with van der Waals surface area (Å²) in [5.41, 5.74) is 3.56. The van der Waals surface area contributed by atoms with Crippen LogP contribution in [0.15, 0.2) is 0 Å². The van der Waals surface area contributed by atoms with Crippen LogP contribution >= 0.6 is 0 Å². The van der Waals surface area contributed by atoms with Crippen LogP contribution in [0.1, 0.15) is 55.4 Å². The van der Waals surface area contributed by atoms with Gasteiger partial charge in [0.15, 0.2) is 0 Å². The van der Waals surface area contributed by atoms with Gasteiger partial charge in [0, 0.05) is 24.4 Å². The van der Waals surface area contributed by atoms with Crippen molar-refractivity contribution >= 4 is 0 Å². The summed E-state index contributed by atoms with van der Waals surface area (Å²) in [6, 6.07) is 0. The molecule has 1 saturated heterocycles. The van der Waals surface area contributed by atoms with Crippen LogP contribution in [0.25, 0.3) is 0 Å². The summed E-state index contributed by atoms with van der Waals surface area (Å²) in [4.78, 5) is 9.42. The van der Waals surface area contributed by atoms with Crippen LogP contribution in [-0.2, 0) is 17.6 Å². The van der Waals surface area contributed by atoms with Crippen molar-refractivity contribution in [3.05, 3.63) is 22.8 Å². The van der Waals surface area contributed by atoms with Gasteiger partial charge in [-0.05, 0) is 64.6 Å². The molecule has 1 fully saturated rings. The molecule has 0 amide bonds. The summed E-state index contributed by atoms with van der Waals surface area (Å²) in [5.74, 6) is 0.946. The van der Waals surface area contributed by atoms with Gasteiger partial charge in [0.1, 0.15) is 5.82 Å². The molecule has 1 N–H and O–H groups in total. The predicted molar refractivity (Wildman–Crippen MR) is 85.7 cm³/mol. The van der Waals surface area contributed by atoms with Crippen LogP contribution in [0.4, 0.5) is 0 Å². The molecule has 0 radical (unpaired) electrons. The van der Waals surface area contributed by atoms with Gasteiger partial charge in [0.05, 0.1) is 6.10 Å². The SMILES string of the molecule is CCCNCCc1c(C)nc(CC2CCCCO2)nc1C. The first-order chi connectivity index (χ1) is 10.2. The largest absolute Gasteiger partial charge is 0.378 e. The third-order valence-corrected chi connectivity index (χ3v) is 4.13. The first-order valence-electron chi connectivity index (χ1n) is 8.36. The van der Waals surface area contributed by atoms with E-state index < -0.39 is 0 Å². The van der Waals surface area contributed by atoms with Crippen molar-refractivity contribution in [2.75, 3.05) is 19.7 Å². The van der Waals surface area contributed by atoms with Gasteiger partial charge in [-0.3, -0.25) is 0 Å². The highest BCUT2D eigenvalue weighted by atomic mass is 16.5. The summed E-state index contributed by atoms with van der Waals surface area (Å²) in [6.45, 7) is 9.38. The summed E-state index contributed by atoms with van der Waals surface area (Å²) in [5, 5.41) is 3.44. The normalized spacial score (nSPS) is 18.9. The lowest BCUT2D eigenvalue weighted by Crippen LogP contribution is -2.23. The Morgan fingerprint density at radius 3 is 2.52 bits per heavy atom. The van der Waals surface area contributed by atoms with E-state index in [9.17, 15) is 0 Å². The number of nitrogens with one attached hydrogen (secondary N) is 1. The number of hydrogen-bond acceptors (Lipinski definition) is 4. The minimum Gasteiger partial charge on any atom is -0.378 e. The van der Waals surface area contributed by atoms with E-state index in [-0.39, 0.29) is 0 Å². The Morgan fingerprint density at radius 2 is 1.90 bits per heavy atom. The third kappa shape index (κ3) is 5.04. The first kappa shape index (κ1) is 16.4. The van der Waals surface area contributed by atoms with Gasteiger partial charge in [-0.25, -0.2) is 9.97 Å². The average Bonchev–Trinajstić information content (AvgIpc) is 2.47. The van der Waals surface area contributed by atoms with Crippen LogP contribution in [-0.4, -0.2) is 35.8 Å². The van der Waals surface area contributed by atoms with Gasteiger partial charge < -0.3 is 10.1 Å². The van der Waals surface area contributed by atoms with Gasteiger partial charge in [-0.1, -0.05) is 6.92 Å². The highest BCUT2D eigenvalue weighted by molar-refractivity contribution is 5.24. The van der Waals surface area contributed by atoms with E-state index in [4.69, 9.17) is 14.7 Å². The third-order valence-electron chi connectivity index (χ3n) is 4.13. The van der Waals surface area contributed by atoms with E-state index in [1.807, 2.05) is 0 Å². The Hall–Kier alpha value is -1.00. The number of rotatable bonds is 7. The van der Waals surface area contributed by atoms with Gasteiger partial charge in [-0.15, -0.1) is 0 Å². The lowest BCUT2D eigenvalue weighted by atomic mass is 10.0. The van der Waals surface area contributed by atoms with E-state index in [0.717, 1.165) is 56.2 Å². The lowest BCUT2D eigenvalue weighted by Gasteiger charge is -2.22. The quantitative estimate of drug-likeness (QED) is 0.785. The maximum Gasteiger partial charge on any atom is 0.131 e. The molecular formula is C17H29N3O. The van der Waals surface area contributed by atoms with Crippen molar-refractivity contribution in [2.45, 2.75) is 65.4 Å². The summed E-state index contributed by atoms with van der Waals surface area (Å²) in [6.07, 6.45) is 6.96. The monoisotopic (exact) mass is 291 g/mol. The Morgan fingerprint density at radius 1 is 1.14 bits per heavy atom. The molecule has 1 atom stereocenters. The molecule has 2 heterocycles. The molecule has 118 valence electrons. The van der Waals surface area contributed by atoms with Gasteiger partial charge in [-0.2, -0.15) is 0 Å². The topological polar surface area (TPSA) is 47.0 Å². The van der Waals surface area contributed by atoms with Crippen LogP contribution < -0.4 is 5.32 Å². The van der Waals surface area contributed by atoms with E-state index in [2.05, 4.69) is 26.1 Å². The minimum absolute atomic E-state index is 0.314. The van der Waals surface area contributed by atoms with Crippen LogP contribution in [0.2, 0.25) is 0 Å². The average molecular weight is 291 g/mol. The molecular weight excluding hydrogens is 262 g/mol. The zero-order valence-electron chi connectivity index (χ0n) is 13.7. The summed E-state index contributed by atoms with van der Waals surface area (Å²) < 4.78 is 5.79. The Bertz CT molecular complexity index is 419. The van der Waals surface area contributed by atoms with Crippen molar-refractivity contribution < 1.29 is 4.74 Å². The molecule has 21 heavy (non-hydrogen) atoms. The van der Waals surface area contributed by atoms with Crippen molar-refractivity contribution in [3.8, 4) is 0 Å². The fraction of sp³-hybridized carbons (Fsp3) is 0.765. The molecule has 0 aromatic carbocycles. The first-order valence-corrected chi connectivity index (χ1v) is 8.36. The van der Waals surface area contributed by atoms with E-state index in [1.54, 1.807) is 0 Å². The van der Waals surface area contributed by atoms with Crippen LogP contribution in [0.5, 0.6) is 0 Å². The lowest BCUT2D eigenvalue weighted by molar-refractivity contribution is 0.0156. The van der Waals surface area contributed by atoms with Gasteiger partial charge in [0.2, 0.25) is 0 Å². The van der Waals surface area contributed by atoms with Crippen molar-refractivity contribution in [3.63, 3.8) is 0 Å². The molecule has 0 saturated carbocycles. The highest BCUT2D eigenvalue weighted by Gasteiger charge is 2.17. The molecule has 1 aliphatic heterocycles. The molecule has 2 rings (SSSR count). The highest BCUT2D eigenvalue weighted by Crippen LogP contribution is 2.17. The molecule has 0 spiro atoms. The number of aryl methyl sites for hydroxylation is 2. The molecule has 1 aromatic rings. The number of nitrogens with zero attached hydrogens (tertiary/aromatic N) is 2. The van der Waals surface area contributed by atoms with Crippen molar-refractivity contribution in [1.82, 2.24) is 15.3 Å². The van der Waals surface area contributed by atoms with Crippen LogP contribution in [0, 0.1) is 13.8 Å². The molecule has 1 aromatic heterocycles. The molecule has 0 aliphatic carbocycles. The van der Waals surface area contributed by atoms with Crippen molar-refractivity contribution in [2.24, 2.45) is 0 Å². The number of aromatic nitrogens is 2. The van der Waals surface area contributed by atoms with Crippen LogP contribution in [0.3, 0.4) is 0 Å². The maximum atomic E-state index is 5.79. The zero-order chi connectivity index (χ0) is 15.1. The second-order valence-electron chi connectivity index (χ2n) is 5.98. The second kappa shape index (κ2) is 8.44. The Balaban J connectivity index is 1.95. The summed E-state index contributed by atoms with van der Waals surface area (Å²) in [7, 11) is 0. The minimum atomic E-state index is 0.314. The standard InChI is InChI=1S/C17H29N3O/c1-4-9-18-10-8-16-13(2)19-17(20-14(16)3)12-15-7-5-6-11-21-15/h15,18H,4-12H2,1-3H3. The fourth-order valence-corrected chi connectivity index (χ4v) is 2.95. The predicted octanol–water partition coefficient (Wildman–Crippen LogP) is 2.75. The van der Waals surface area contributed by atoms with Gasteiger partial charge >= 0.3 is 0 Å². The molecule has 0 bridgehead atoms. The molecule has 1 unspecified atom stereocenters. The Kier molecular flexibility index (Phi) is 6.58. The fourth-order valence-electron chi connectivity index (χ4n) is 2.95. The Labute approximate surface area is 128 Å². The van der Waals surface area contributed by atoms with Gasteiger partial charge in [0.25, 0.3) is 0 Å². The zero-order valence-corrected chi connectivity index (χ0v) is 13.7. The number of ether oxygens (including phenoxy) is 1. The maximum absolute atomic E-state index is 5.79. The second-order valence-corrected chi connectivity index (χ2v) is 5.98. The molecule has 4 nitrogen and oxygen atoms in total. The molecule has 1 aliphatic rings. The molecule has 4 heteroatoms. The smallest absolute Gasteiger partial charge is 0.131 e. The van der Waals surface area contributed by atoms with Crippen molar-refractivity contribution in [1.29, 1.82) is 0 Å². The number of hydrogen-bond donors (Lipinski definition) is 1. The van der Waals surface area contributed by atoms with E-state index in [1.165, 1.54) is 24.8 Å². The summed E-state index contributed by atoms with van der Waals surface area (Å²) >= 11 is 0. The van der Waals surface area contributed by atoms with E-state index >= 15 is 0 Å².